The SMILES string of the molecule is CCCC(C)CCC(O)CCC(C)CCC. The smallest absolute Gasteiger partial charge is 0.0540 e. The summed E-state index contributed by atoms with van der Waals surface area (Å²) in [6.45, 7) is 9.07. The molecule has 98 valence electrons. The lowest BCUT2D eigenvalue weighted by Crippen LogP contribution is -2.10. The van der Waals surface area contributed by atoms with E-state index < -0.39 is 0 Å². The first-order chi connectivity index (χ1) is 7.60. The molecule has 0 aromatic carbocycles. The van der Waals surface area contributed by atoms with Gasteiger partial charge in [-0.15, -0.1) is 0 Å². The number of hydrogen-bond acceptors (Lipinski definition) is 1. The van der Waals surface area contributed by atoms with Crippen LogP contribution < -0.4 is 0 Å². The van der Waals surface area contributed by atoms with Gasteiger partial charge in [-0.25, -0.2) is 0 Å². The van der Waals surface area contributed by atoms with E-state index in [1.54, 1.807) is 0 Å². The van der Waals surface area contributed by atoms with Gasteiger partial charge in [0.15, 0.2) is 0 Å². The fourth-order valence-corrected chi connectivity index (χ4v) is 2.37. The monoisotopic (exact) mass is 228 g/mol. The summed E-state index contributed by atoms with van der Waals surface area (Å²) in [5.41, 5.74) is 0. The summed E-state index contributed by atoms with van der Waals surface area (Å²) in [6.07, 6.45) is 9.47. The van der Waals surface area contributed by atoms with Gasteiger partial charge in [-0.3, -0.25) is 0 Å². The predicted molar refractivity (Wildman–Crippen MR) is 72.6 cm³/mol. The number of rotatable bonds is 10. The molecule has 0 spiro atoms. The summed E-state index contributed by atoms with van der Waals surface area (Å²) >= 11 is 0. The van der Waals surface area contributed by atoms with Crippen LogP contribution in [0.2, 0.25) is 0 Å². The van der Waals surface area contributed by atoms with Crippen LogP contribution in [-0.2, 0) is 0 Å². The van der Waals surface area contributed by atoms with E-state index in [0.29, 0.717) is 0 Å². The van der Waals surface area contributed by atoms with Crippen LogP contribution in [0.1, 0.15) is 79.1 Å². The van der Waals surface area contributed by atoms with Gasteiger partial charge < -0.3 is 5.11 Å². The van der Waals surface area contributed by atoms with Crippen LogP contribution in [0.4, 0.5) is 0 Å². The molecule has 0 aromatic rings. The molecule has 2 atom stereocenters. The van der Waals surface area contributed by atoms with Gasteiger partial charge >= 0.3 is 0 Å². The van der Waals surface area contributed by atoms with Crippen LogP contribution in [0.15, 0.2) is 0 Å². The highest BCUT2D eigenvalue weighted by atomic mass is 16.3. The first-order valence-corrected chi connectivity index (χ1v) is 7.28. The second-order valence-corrected chi connectivity index (χ2v) is 5.60. The molecule has 0 bridgehead atoms. The maximum absolute atomic E-state index is 9.88. The van der Waals surface area contributed by atoms with Crippen molar-refractivity contribution in [2.75, 3.05) is 0 Å². The van der Waals surface area contributed by atoms with Gasteiger partial charge in [0.1, 0.15) is 0 Å². The summed E-state index contributed by atoms with van der Waals surface area (Å²) < 4.78 is 0. The molecule has 0 radical (unpaired) electrons. The van der Waals surface area contributed by atoms with Crippen LogP contribution in [0.5, 0.6) is 0 Å². The van der Waals surface area contributed by atoms with E-state index in [4.69, 9.17) is 0 Å². The Labute approximate surface area is 103 Å². The lowest BCUT2D eigenvalue weighted by molar-refractivity contribution is 0.136. The van der Waals surface area contributed by atoms with Crippen molar-refractivity contribution in [2.45, 2.75) is 85.2 Å². The zero-order valence-corrected chi connectivity index (χ0v) is 11.8. The summed E-state index contributed by atoms with van der Waals surface area (Å²) in [4.78, 5) is 0. The Kier molecular flexibility index (Phi) is 10.1. The summed E-state index contributed by atoms with van der Waals surface area (Å²) in [6, 6.07) is 0. The highest BCUT2D eigenvalue weighted by Crippen LogP contribution is 2.18. The maximum atomic E-state index is 9.88. The van der Waals surface area contributed by atoms with E-state index in [2.05, 4.69) is 27.7 Å². The third-order valence-electron chi connectivity index (χ3n) is 3.55. The van der Waals surface area contributed by atoms with Gasteiger partial charge in [-0.05, 0) is 37.5 Å². The van der Waals surface area contributed by atoms with E-state index >= 15 is 0 Å². The Bertz CT molecular complexity index is 128. The quantitative estimate of drug-likeness (QED) is 0.570. The highest BCUT2D eigenvalue weighted by molar-refractivity contribution is 4.62. The van der Waals surface area contributed by atoms with Gasteiger partial charge in [0.2, 0.25) is 0 Å². The van der Waals surface area contributed by atoms with Crippen molar-refractivity contribution >= 4 is 0 Å². The Morgan fingerprint density at radius 2 is 1.06 bits per heavy atom. The van der Waals surface area contributed by atoms with Crippen LogP contribution in [0.25, 0.3) is 0 Å². The van der Waals surface area contributed by atoms with Crippen LogP contribution in [0.3, 0.4) is 0 Å². The van der Waals surface area contributed by atoms with Crippen LogP contribution in [0, 0.1) is 11.8 Å². The molecule has 0 aliphatic heterocycles. The lowest BCUT2D eigenvalue weighted by atomic mass is 9.94. The molecule has 0 saturated heterocycles. The van der Waals surface area contributed by atoms with Crippen molar-refractivity contribution in [3.63, 3.8) is 0 Å². The average Bonchev–Trinajstić information content (AvgIpc) is 2.24. The van der Waals surface area contributed by atoms with Crippen molar-refractivity contribution in [3.05, 3.63) is 0 Å². The standard InChI is InChI=1S/C15H32O/c1-5-7-13(3)9-11-15(16)12-10-14(4)8-6-2/h13-16H,5-12H2,1-4H3. The average molecular weight is 228 g/mol. The molecule has 0 saturated carbocycles. The first-order valence-electron chi connectivity index (χ1n) is 7.28. The molecule has 0 heterocycles. The van der Waals surface area contributed by atoms with Crippen molar-refractivity contribution in [1.82, 2.24) is 0 Å². The zero-order valence-electron chi connectivity index (χ0n) is 11.8. The summed E-state index contributed by atoms with van der Waals surface area (Å²) in [5, 5.41) is 9.88. The van der Waals surface area contributed by atoms with Gasteiger partial charge in [-0.2, -0.15) is 0 Å². The lowest BCUT2D eigenvalue weighted by Gasteiger charge is -2.16. The third kappa shape index (κ3) is 9.21. The van der Waals surface area contributed by atoms with Crippen LogP contribution >= 0.6 is 0 Å². The van der Waals surface area contributed by atoms with E-state index in [9.17, 15) is 5.11 Å². The highest BCUT2D eigenvalue weighted by Gasteiger charge is 2.09. The Morgan fingerprint density at radius 3 is 1.38 bits per heavy atom. The third-order valence-corrected chi connectivity index (χ3v) is 3.55. The van der Waals surface area contributed by atoms with Crippen LogP contribution in [-0.4, -0.2) is 11.2 Å². The largest absolute Gasteiger partial charge is 0.393 e. The van der Waals surface area contributed by atoms with Gasteiger partial charge in [0, 0.05) is 0 Å². The number of aliphatic hydroxyl groups is 1. The van der Waals surface area contributed by atoms with Crippen molar-refractivity contribution in [3.8, 4) is 0 Å². The van der Waals surface area contributed by atoms with E-state index in [1.807, 2.05) is 0 Å². The molecule has 0 aromatic heterocycles. The molecule has 0 amide bonds. The molecule has 2 unspecified atom stereocenters. The molecule has 1 nitrogen and oxygen atoms in total. The Balaban J connectivity index is 3.46. The molecular formula is C15H32O. The molecule has 0 fully saturated rings. The second-order valence-electron chi connectivity index (χ2n) is 5.60. The van der Waals surface area contributed by atoms with Crippen molar-refractivity contribution < 1.29 is 5.11 Å². The summed E-state index contributed by atoms with van der Waals surface area (Å²) in [7, 11) is 0. The second kappa shape index (κ2) is 10.1. The van der Waals surface area contributed by atoms with E-state index in [0.717, 1.165) is 24.7 Å². The van der Waals surface area contributed by atoms with E-state index in [-0.39, 0.29) is 6.10 Å². The predicted octanol–water partition coefficient (Wildman–Crippen LogP) is 4.78. The molecule has 16 heavy (non-hydrogen) atoms. The summed E-state index contributed by atoms with van der Waals surface area (Å²) in [5.74, 6) is 1.57. The minimum absolute atomic E-state index is 0.0568. The Morgan fingerprint density at radius 1 is 0.688 bits per heavy atom. The van der Waals surface area contributed by atoms with Gasteiger partial charge in [0.05, 0.1) is 6.10 Å². The molecule has 1 heteroatoms. The topological polar surface area (TPSA) is 20.2 Å². The molecule has 1 N–H and O–H groups in total. The minimum Gasteiger partial charge on any atom is -0.393 e. The number of aliphatic hydroxyl groups excluding tert-OH is 1. The van der Waals surface area contributed by atoms with Gasteiger partial charge in [-0.1, -0.05) is 53.4 Å². The van der Waals surface area contributed by atoms with Gasteiger partial charge in [0.25, 0.3) is 0 Å². The fourth-order valence-electron chi connectivity index (χ4n) is 2.37. The minimum atomic E-state index is -0.0568. The van der Waals surface area contributed by atoms with E-state index in [1.165, 1.54) is 38.5 Å². The maximum Gasteiger partial charge on any atom is 0.0540 e. The first kappa shape index (κ1) is 16.0. The molecule has 0 rings (SSSR count). The van der Waals surface area contributed by atoms with Crippen molar-refractivity contribution in [2.24, 2.45) is 11.8 Å². The fraction of sp³-hybridized carbons (Fsp3) is 1.00. The Hall–Kier alpha value is -0.0400. The zero-order chi connectivity index (χ0) is 12.4. The molecular weight excluding hydrogens is 196 g/mol. The molecule has 0 aliphatic carbocycles. The normalized spacial score (nSPS) is 17.1. The molecule has 0 aliphatic rings. The van der Waals surface area contributed by atoms with Crippen molar-refractivity contribution in [1.29, 1.82) is 0 Å². The number of hydrogen-bond donors (Lipinski definition) is 1.